The first-order valence-corrected chi connectivity index (χ1v) is 5.58. The molecule has 0 fully saturated rings. The second kappa shape index (κ2) is 6.21. The van der Waals surface area contributed by atoms with Gasteiger partial charge in [-0.05, 0) is 26.8 Å². The molecular weight excluding hydrogens is 200 g/mol. The highest BCUT2D eigenvalue weighted by molar-refractivity contribution is 5.49. The molecule has 2 heteroatoms. The molecule has 1 atom stereocenters. The van der Waals surface area contributed by atoms with Gasteiger partial charge in [0.05, 0.1) is 13.2 Å². The topological polar surface area (TPSA) is 18.5 Å². The Hall–Kier alpha value is -1.44. The summed E-state index contributed by atoms with van der Waals surface area (Å²) < 4.78 is 11.2. The van der Waals surface area contributed by atoms with Crippen molar-refractivity contribution < 1.29 is 9.47 Å². The summed E-state index contributed by atoms with van der Waals surface area (Å²) in [6, 6.07) is 5.85. The maximum atomic E-state index is 5.63. The largest absolute Gasteiger partial charge is 0.490 e. The van der Waals surface area contributed by atoms with E-state index in [4.69, 9.17) is 9.47 Å². The van der Waals surface area contributed by atoms with Crippen LogP contribution in [0.25, 0.3) is 0 Å². The molecule has 0 aliphatic rings. The summed E-state index contributed by atoms with van der Waals surface area (Å²) in [4.78, 5) is 0. The Morgan fingerprint density at radius 2 is 1.94 bits per heavy atom. The normalized spacial score (nSPS) is 11.9. The van der Waals surface area contributed by atoms with Crippen molar-refractivity contribution in [2.45, 2.75) is 19.8 Å². The van der Waals surface area contributed by atoms with Crippen molar-refractivity contribution in [2.75, 3.05) is 13.2 Å². The molecule has 0 spiro atoms. The van der Waals surface area contributed by atoms with E-state index in [0.717, 1.165) is 17.1 Å². The number of rotatable bonds is 6. The molecule has 0 aromatic heterocycles. The highest BCUT2D eigenvalue weighted by Crippen LogP contribution is 2.36. The van der Waals surface area contributed by atoms with E-state index in [-0.39, 0.29) is 5.92 Å². The quantitative estimate of drug-likeness (QED) is 0.681. The fourth-order valence-corrected chi connectivity index (χ4v) is 1.52. The first-order valence-electron chi connectivity index (χ1n) is 5.58. The lowest BCUT2D eigenvalue weighted by Crippen LogP contribution is -2.03. The number of hydrogen-bond acceptors (Lipinski definition) is 2. The van der Waals surface area contributed by atoms with E-state index < -0.39 is 0 Å². The molecule has 0 saturated carbocycles. The molecule has 16 heavy (non-hydrogen) atoms. The number of para-hydroxylation sites is 1. The van der Waals surface area contributed by atoms with Crippen molar-refractivity contribution in [1.82, 2.24) is 0 Å². The maximum absolute atomic E-state index is 5.63. The van der Waals surface area contributed by atoms with E-state index >= 15 is 0 Å². The monoisotopic (exact) mass is 219 g/mol. The summed E-state index contributed by atoms with van der Waals surface area (Å²) in [7, 11) is 0. The van der Waals surface area contributed by atoms with E-state index in [9.17, 15) is 0 Å². The lowest BCUT2D eigenvalue weighted by Gasteiger charge is -2.17. The molecule has 0 amide bonds. The van der Waals surface area contributed by atoms with Crippen LogP contribution in [-0.4, -0.2) is 13.2 Å². The van der Waals surface area contributed by atoms with Crippen LogP contribution in [0.4, 0.5) is 0 Å². The van der Waals surface area contributed by atoms with Gasteiger partial charge in [-0.15, -0.1) is 6.58 Å². The molecule has 0 heterocycles. The molecule has 1 unspecified atom stereocenters. The first kappa shape index (κ1) is 12.6. The second-order valence-corrected chi connectivity index (χ2v) is 3.38. The van der Waals surface area contributed by atoms with Gasteiger partial charge in [-0.1, -0.05) is 18.2 Å². The fourth-order valence-electron chi connectivity index (χ4n) is 1.52. The van der Waals surface area contributed by atoms with Gasteiger partial charge in [0.1, 0.15) is 0 Å². The molecule has 0 bridgehead atoms. The Kier molecular flexibility index (Phi) is 4.90. The Labute approximate surface area is 97.9 Å². The van der Waals surface area contributed by atoms with Crippen molar-refractivity contribution in [1.29, 1.82) is 0 Å². The third-order valence-electron chi connectivity index (χ3n) is 2.28. The van der Waals surface area contributed by atoms with Crippen LogP contribution >= 0.6 is 0 Å². The molecule has 1 aromatic rings. The predicted octanol–water partition coefficient (Wildman–Crippen LogP) is 3.59. The first-order chi connectivity index (χ1) is 7.74. The summed E-state index contributed by atoms with van der Waals surface area (Å²) in [6.07, 6.45) is 1.80. The van der Waals surface area contributed by atoms with Gasteiger partial charge < -0.3 is 9.47 Å². The summed E-state index contributed by atoms with van der Waals surface area (Å²) in [6.45, 7) is 12.9. The van der Waals surface area contributed by atoms with Gasteiger partial charge in [0, 0.05) is 11.5 Å². The molecule has 1 radical (unpaired) electrons. The minimum absolute atomic E-state index is 0.0157. The van der Waals surface area contributed by atoms with Gasteiger partial charge in [0.2, 0.25) is 0 Å². The average Bonchev–Trinajstić information content (AvgIpc) is 2.31. The molecule has 0 aliphatic heterocycles. The molecule has 0 saturated heterocycles. The second-order valence-electron chi connectivity index (χ2n) is 3.38. The Morgan fingerprint density at radius 1 is 1.25 bits per heavy atom. The lowest BCUT2D eigenvalue weighted by molar-refractivity contribution is 0.285. The molecule has 87 valence electrons. The number of allylic oxidation sites excluding steroid dienone is 1. The highest BCUT2D eigenvalue weighted by Gasteiger charge is 2.13. The zero-order valence-electron chi connectivity index (χ0n) is 10.0. The van der Waals surface area contributed by atoms with Crippen LogP contribution in [0.1, 0.15) is 25.3 Å². The van der Waals surface area contributed by atoms with E-state index in [1.54, 1.807) is 6.08 Å². The van der Waals surface area contributed by atoms with Crippen LogP contribution in [0.15, 0.2) is 30.9 Å². The van der Waals surface area contributed by atoms with Gasteiger partial charge >= 0.3 is 0 Å². The zero-order valence-corrected chi connectivity index (χ0v) is 10.0. The Morgan fingerprint density at radius 3 is 2.50 bits per heavy atom. The van der Waals surface area contributed by atoms with Crippen molar-refractivity contribution in [3.63, 3.8) is 0 Å². The number of hydrogen-bond donors (Lipinski definition) is 0. The molecular formula is C14H19O2. The third kappa shape index (κ3) is 2.78. The molecule has 1 rings (SSSR count). The van der Waals surface area contributed by atoms with Crippen LogP contribution in [-0.2, 0) is 0 Å². The van der Waals surface area contributed by atoms with E-state index in [2.05, 4.69) is 13.5 Å². The maximum Gasteiger partial charge on any atom is 0.164 e. The molecule has 0 N–H and O–H groups in total. The van der Waals surface area contributed by atoms with Crippen molar-refractivity contribution in [3.8, 4) is 11.5 Å². The number of benzene rings is 1. The summed E-state index contributed by atoms with van der Waals surface area (Å²) in [5.41, 5.74) is 1.02. The smallest absolute Gasteiger partial charge is 0.164 e. The van der Waals surface area contributed by atoms with Crippen molar-refractivity contribution >= 4 is 0 Å². The van der Waals surface area contributed by atoms with E-state index in [1.807, 2.05) is 32.0 Å². The highest BCUT2D eigenvalue weighted by atomic mass is 16.5. The predicted molar refractivity (Wildman–Crippen MR) is 67.1 cm³/mol. The average molecular weight is 219 g/mol. The van der Waals surface area contributed by atoms with Gasteiger partial charge in [-0.25, -0.2) is 0 Å². The summed E-state index contributed by atoms with van der Waals surface area (Å²) >= 11 is 0. The van der Waals surface area contributed by atoms with Gasteiger partial charge in [-0.2, -0.15) is 0 Å². The van der Waals surface area contributed by atoms with Gasteiger partial charge in [-0.3, -0.25) is 0 Å². The molecule has 0 aliphatic carbocycles. The Bertz CT molecular complexity index is 345. The minimum atomic E-state index is 0.0157. The zero-order chi connectivity index (χ0) is 12.0. The summed E-state index contributed by atoms with van der Waals surface area (Å²) in [5.74, 6) is 1.58. The fraction of sp³-hybridized carbons (Fsp3) is 0.357. The van der Waals surface area contributed by atoms with Crippen molar-refractivity contribution in [2.24, 2.45) is 0 Å². The van der Waals surface area contributed by atoms with Crippen LogP contribution in [0, 0.1) is 6.92 Å². The molecule has 1 aromatic carbocycles. The van der Waals surface area contributed by atoms with Crippen molar-refractivity contribution in [3.05, 3.63) is 43.3 Å². The van der Waals surface area contributed by atoms with Gasteiger partial charge in [0.25, 0.3) is 0 Å². The van der Waals surface area contributed by atoms with Gasteiger partial charge in [0.15, 0.2) is 11.5 Å². The SMILES string of the molecule is [CH2]C(C=C)c1cccc(OCC)c1OCC. The van der Waals surface area contributed by atoms with E-state index in [0.29, 0.717) is 13.2 Å². The van der Waals surface area contributed by atoms with E-state index in [1.165, 1.54) is 0 Å². The molecule has 2 nitrogen and oxygen atoms in total. The lowest BCUT2D eigenvalue weighted by atomic mass is 10.00. The third-order valence-corrected chi connectivity index (χ3v) is 2.28. The number of ether oxygens (including phenoxy) is 2. The van der Waals surface area contributed by atoms with Crippen LogP contribution in [0.5, 0.6) is 11.5 Å². The Balaban J connectivity index is 3.14. The minimum Gasteiger partial charge on any atom is -0.490 e. The van der Waals surface area contributed by atoms with Crippen LogP contribution in [0.2, 0.25) is 0 Å². The van der Waals surface area contributed by atoms with Crippen LogP contribution in [0.3, 0.4) is 0 Å². The standard InChI is InChI=1S/C14H19O2/c1-5-11(4)12-9-8-10-13(15-6-2)14(12)16-7-3/h5,8-11H,1,4,6-7H2,2-3H3. The summed E-state index contributed by atoms with van der Waals surface area (Å²) in [5, 5.41) is 0. The van der Waals surface area contributed by atoms with Crippen LogP contribution < -0.4 is 9.47 Å².